The molecule has 10 nitrogen and oxygen atoms in total. The number of benzene rings is 1. The quantitative estimate of drug-likeness (QED) is 0.474. The van der Waals surface area contributed by atoms with E-state index in [0.29, 0.717) is 30.4 Å². The first kappa shape index (κ1) is 28.6. The van der Waals surface area contributed by atoms with Gasteiger partial charge >= 0.3 is 18.1 Å². The van der Waals surface area contributed by atoms with Crippen molar-refractivity contribution in [3.63, 3.8) is 0 Å². The lowest BCUT2D eigenvalue weighted by molar-refractivity contribution is -0.192. The summed E-state index contributed by atoms with van der Waals surface area (Å²) in [5.41, 5.74) is 0.417. The van der Waals surface area contributed by atoms with Crippen LogP contribution in [0.15, 0.2) is 41.4 Å². The summed E-state index contributed by atoms with van der Waals surface area (Å²) in [7, 11) is -3.99. The number of pyridine rings is 1. The molecule has 1 aliphatic rings. The van der Waals surface area contributed by atoms with Crippen LogP contribution in [-0.2, 0) is 14.8 Å². The van der Waals surface area contributed by atoms with Crippen molar-refractivity contribution < 1.29 is 46.2 Å². The van der Waals surface area contributed by atoms with Gasteiger partial charge < -0.3 is 15.1 Å². The lowest BCUT2D eigenvalue weighted by Gasteiger charge is -2.32. The second-order valence-electron chi connectivity index (χ2n) is 8.06. The third-order valence-electron chi connectivity index (χ3n) is 5.25. The van der Waals surface area contributed by atoms with Gasteiger partial charge in [0, 0.05) is 24.8 Å². The number of anilines is 2. The minimum atomic E-state index is -5.08. The zero-order chi connectivity index (χ0) is 27.3. The number of nitrogens with one attached hydrogen (secondary N) is 1. The molecule has 0 amide bonds. The fourth-order valence-electron chi connectivity index (χ4n) is 3.19. The first-order valence-corrected chi connectivity index (χ1v) is 12.0. The summed E-state index contributed by atoms with van der Waals surface area (Å²) in [6.07, 6.45) is -1.96. The number of hydrogen-bond donors (Lipinski definition) is 3. The average molecular weight is 532 g/mol. The van der Waals surface area contributed by atoms with Crippen molar-refractivity contribution in [1.29, 1.82) is 0 Å². The van der Waals surface area contributed by atoms with Gasteiger partial charge in [0.1, 0.15) is 0 Å². The van der Waals surface area contributed by atoms with E-state index < -0.39 is 28.1 Å². The summed E-state index contributed by atoms with van der Waals surface area (Å²) < 4.78 is 59.9. The molecule has 0 spiro atoms. The fraction of sp³-hybridized carbons (Fsp3) is 0.364. The smallest absolute Gasteiger partial charge is 0.478 e. The number of aromatic nitrogens is 1. The third-order valence-corrected chi connectivity index (χ3v) is 6.64. The van der Waals surface area contributed by atoms with Gasteiger partial charge in [-0.2, -0.15) is 13.2 Å². The summed E-state index contributed by atoms with van der Waals surface area (Å²) in [6.45, 7) is 4.98. The number of aliphatic carboxylic acids is 1. The van der Waals surface area contributed by atoms with Crippen LogP contribution < -0.4 is 9.62 Å². The Balaban J connectivity index is 0.000000572. The van der Waals surface area contributed by atoms with Crippen LogP contribution >= 0.6 is 0 Å². The second-order valence-corrected chi connectivity index (χ2v) is 9.74. The molecule has 0 aliphatic carbocycles. The maximum atomic E-state index is 12.9. The van der Waals surface area contributed by atoms with Gasteiger partial charge in [-0.25, -0.2) is 23.0 Å². The van der Waals surface area contributed by atoms with Crippen molar-refractivity contribution in [2.75, 3.05) is 22.7 Å². The highest BCUT2D eigenvalue weighted by atomic mass is 32.2. The molecule has 36 heavy (non-hydrogen) atoms. The molecule has 1 saturated heterocycles. The molecule has 0 bridgehead atoms. The normalized spacial score (nSPS) is 14.4. The standard InChI is InChI=1S/C20H23N3O5S.C2HF3O2/c1-13-7-9-23(10-8-13)19-18(11-16(12-21-19)20(25)26)22-29(27,28)17-5-3-15(4-6-17)14(2)24;3-2(4,5)1(6)7/h3-6,11-13,22H,7-10H2,1-2H3,(H,25,26);(H,6,7). The number of aromatic carboxylic acids is 1. The van der Waals surface area contributed by atoms with E-state index in [2.05, 4.69) is 16.6 Å². The van der Waals surface area contributed by atoms with Crippen LogP contribution in [-0.4, -0.2) is 60.6 Å². The number of rotatable bonds is 6. The van der Waals surface area contributed by atoms with Crippen molar-refractivity contribution in [3.8, 4) is 0 Å². The summed E-state index contributed by atoms with van der Waals surface area (Å²) >= 11 is 0. The van der Waals surface area contributed by atoms with Gasteiger partial charge in [-0.15, -0.1) is 0 Å². The second kappa shape index (κ2) is 11.4. The molecule has 3 N–H and O–H groups in total. The van der Waals surface area contributed by atoms with E-state index in [1.165, 1.54) is 43.5 Å². The molecule has 0 unspecified atom stereocenters. The van der Waals surface area contributed by atoms with Crippen molar-refractivity contribution in [1.82, 2.24) is 4.98 Å². The molecule has 0 saturated carbocycles. The van der Waals surface area contributed by atoms with Gasteiger partial charge in [0.05, 0.1) is 16.1 Å². The number of carboxylic acids is 2. The van der Waals surface area contributed by atoms with E-state index >= 15 is 0 Å². The van der Waals surface area contributed by atoms with Gasteiger partial charge in [0.25, 0.3) is 10.0 Å². The summed E-state index contributed by atoms with van der Waals surface area (Å²) in [6, 6.07) is 6.85. The van der Waals surface area contributed by atoms with E-state index in [-0.39, 0.29) is 21.9 Å². The molecule has 196 valence electrons. The first-order chi connectivity index (χ1) is 16.6. The molecule has 1 aromatic carbocycles. The molecular weight excluding hydrogens is 507 g/mol. The molecular formula is C22H24F3N3O7S. The molecule has 1 fully saturated rings. The highest BCUT2D eigenvalue weighted by Crippen LogP contribution is 2.30. The number of piperidine rings is 1. The van der Waals surface area contributed by atoms with Crippen LogP contribution in [0.3, 0.4) is 0 Å². The predicted octanol–water partition coefficient (Wildman–Crippen LogP) is 3.65. The lowest BCUT2D eigenvalue weighted by Crippen LogP contribution is -2.34. The number of alkyl halides is 3. The summed E-state index contributed by atoms with van der Waals surface area (Å²) in [4.78, 5) is 37.8. The topological polar surface area (TPSA) is 154 Å². The Labute approximate surface area is 204 Å². The van der Waals surface area contributed by atoms with E-state index in [4.69, 9.17) is 9.90 Å². The van der Waals surface area contributed by atoms with Crippen molar-refractivity contribution >= 4 is 39.3 Å². The van der Waals surface area contributed by atoms with E-state index in [1.807, 2.05) is 4.90 Å². The number of hydrogen-bond acceptors (Lipinski definition) is 7. The van der Waals surface area contributed by atoms with Gasteiger partial charge in [0.15, 0.2) is 11.6 Å². The number of carbonyl (C=O) groups excluding carboxylic acids is 1. The number of carbonyl (C=O) groups is 3. The maximum Gasteiger partial charge on any atom is 0.490 e. The van der Waals surface area contributed by atoms with E-state index in [9.17, 15) is 36.3 Å². The van der Waals surface area contributed by atoms with Crippen LogP contribution in [0.4, 0.5) is 24.7 Å². The number of sulfonamides is 1. The zero-order valence-corrected chi connectivity index (χ0v) is 20.1. The number of carboxylic acid groups (broad SMARTS) is 2. The van der Waals surface area contributed by atoms with Gasteiger partial charge in [-0.05, 0) is 43.9 Å². The van der Waals surface area contributed by atoms with Crippen molar-refractivity contribution in [3.05, 3.63) is 47.7 Å². The number of ketones is 1. The van der Waals surface area contributed by atoms with Crippen LogP contribution in [0.2, 0.25) is 0 Å². The highest BCUT2D eigenvalue weighted by molar-refractivity contribution is 7.92. The molecule has 3 rings (SSSR count). The predicted molar refractivity (Wildman–Crippen MR) is 123 cm³/mol. The molecule has 1 aliphatic heterocycles. The first-order valence-electron chi connectivity index (χ1n) is 10.5. The van der Waals surface area contributed by atoms with Gasteiger partial charge in [-0.3, -0.25) is 9.52 Å². The Kier molecular flexibility index (Phi) is 9.02. The average Bonchev–Trinajstić information content (AvgIpc) is 2.79. The Morgan fingerprint density at radius 2 is 1.58 bits per heavy atom. The summed E-state index contributed by atoms with van der Waals surface area (Å²) in [5, 5.41) is 16.4. The van der Waals surface area contributed by atoms with E-state index in [0.717, 1.165) is 12.8 Å². The lowest BCUT2D eigenvalue weighted by atomic mass is 9.99. The van der Waals surface area contributed by atoms with Crippen LogP contribution in [0.5, 0.6) is 0 Å². The maximum absolute atomic E-state index is 12.9. The van der Waals surface area contributed by atoms with Crippen molar-refractivity contribution in [2.45, 2.75) is 37.8 Å². The van der Waals surface area contributed by atoms with Gasteiger partial charge in [-0.1, -0.05) is 19.1 Å². The Morgan fingerprint density at radius 3 is 2.03 bits per heavy atom. The number of Topliss-reactive ketones (excluding diaryl/α,β-unsaturated/α-hetero) is 1. The molecule has 1 aromatic heterocycles. The molecule has 2 aromatic rings. The minimum Gasteiger partial charge on any atom is -0.478 e. The largest absolute Gasteiger partial charge is 0.490 e. The van der Waals surface area contributed by atoms with Crippen LogP contribution in [0.1, 0.15) is 47.4 Å². The number of nitrogens with zero attached hydrogens (tertiary/aromatic N) is 2. The molecule has 0 radical (unpaired) electrons. The third kappa shape index (κ3) is 7.66. The Bertz CT molecular complexity index is 1220. The van der Waals surface area contributed by atoms with Crippen LogP contribution in [0, 0.1) is 5.92 Å². The Hall–Kier alpha value is -3.68. The van der Waals surface area contributed by atoms with E-state index in [1.54, 1.807) is 0 Å². The number of halogens is 3. The SMILES string of the molecule is CC(=O)c1ccc(S(=O)(=O)Nc2cc(C(=O)O)cnc2N2CCC(C)CC2)cc1.O=C(O)C(F)(F)F. The zero-order valence-electron chi connectivity index (χ0n) is 19.2. The molecule has 2 heterocycles. The monoisotopic (exact) mass is 531 g/mol. The Morgan fingerprint density at radius 1 is 1.06 bits per heavy atom. The van der Waals surface area contributed by atoms with Gasteiger partial charge in [0.2, 0.25) is 0 Å². The molecule has 0 atom stereocenters. The minimum absolute atomic E-state index is 0.0264. The fourth-order valence-corrected chi connectivity index (χ4v) is 4.25. The van der Waals surface area contributed by atoms with Crippen molar-refractivity contribution in [2.24, 2.45) is 5.92 Å². The highest BCUT2D eigenvalue weighted by Gasteiger charge is 2.38. The summed E-state index contributed by atoms with van der Waals surface area (Å²) in [5.74, 6) is -3.13. The molecule has 14 heteroatoms. The van der Waals surface area contributed by atoms with Crippen LogP contribution in [0.25, 0.3) is 0 Å².